The SMILES string of the molecule is Cc1cc(-c2ccc(C(=O)O)cc2)cn(C(N)=O)c1=O. The summed E-state index contributed by atoms with van der Waals surface area (Å²) in [5.74, 6) is -1.02. The van der Waals surface area contributed by atoms with Crippen LogP contribution < -0.4 is 11.3 Å². The van der Waals surface area contributed by atoms with E-state index >= 15 is 0 Å². The molecule has 0 spiro atoms. The molecule has 0 fully saturated rings. The van der Waals surface area contributed by atoms with Gasteiger partial charge in [-0.2, -0.15) is 0 Å². The van der Waals surface area contributed by atoms with Crippen LogP contribution >= 0.6 is 0 Å². The van der Waals surface area contributed by atoms with Gasteiger partial charge in [0.1, 0.15) is 0 Å². The summed E-state index contributed by atoms with van der Waals surface area (Å²) in [5.41, 5.74) is 6.51. The lowest BCUT2D eigenvalue weighted by Gasteiger charge is -2.07. The molecule has 1 heterocycles. The number of amides is 1. The summed E-state index contributed by atoms with van der Waals surface area (Å²) < 4.78 is 0.829. The topological polar surface area (TPSA) is 102 Å². The van der Waals surface area contributed by atoms with Crippen LogP contribution in [0.25, 0.3) is 11.1 Å². The van der Waals surface area contributed by atoms with Gasteiger partial charge in [-0.15, -0.1) is 0 Å². The Morgan fingerprint density at radius 3 is 2.25 bits per heavy atom. The van der Waals surface area contributed by atoms with Crippen molar-refractivity contribution >= 4 is 12.0 Å². The van der Waals surface area contributed by atoms with E-state index in [-0.39, 0.29) is 5.56 Å². The van der Waals surface area contributed by atoms with Crippen molar-refractivity contribution in [3.05, 3.63) is 58.0 Å². The number of hydrogen-bond acceptors (Lipinski definition) is 3. The van der Waals surface area contributed by atoms with E-state index in [0.29, 0.717) is 16.7 Å². The molecule has 1 aromatic heterocycles. The van der Waals surface area contributed by atoms with Gasteiger partial charge in [-0.25, -0.2) is 14.2 Å². The number of aryl methyl sites for hydroxylation is 1. The van der Waals surface area contributed by atoms with Gasteiger partial charge >= 0.3 is 12.0 Å². The van der Waals surface area contributed by atoms with Crippen molar-refractivity contribution in [3.8, 4) is 11.1 Å². The number of carboxylic acids is 1. The van der Waals surface area contributed by atoms with Gasteiger partial charge in [0, 0.05) is 11.8 Å². The number of aromatic nitrogens is 1. The molecule has 0 saturated heterocycles. The van der Waals surface area contributed by atoms with E-state index in [1.54, 1.807) is 25.1 Å². The minimum absolute atomic E-state index is 0.161. The number of rotatable bonds is 2. The fraction of sp³-hybridized carbons (Fsp3) is 0.0714. The lowest BCUT2D eigenvalue weighted by molar-refractivity contribution is 0.0697. The Bertz CT molecular complexity index is 745. The molecule has 0 aliphatic carbocycles. The molecule has 1 amide bonds. The molecule has 102 valence electrons. The fourth-order valence-corrected chi connectivity index (χ4v) is 1.85. The number of nitrogens with zero attached hydrogens (tertiary/aromatic N) is 1. The van der Waals surface area contributed by atoms with Gasteiger partial charge in [-0.3, -0.25) is 4.79 Å². The highest BCUT2D eigenvalue weighted by Crippen LogP contribution is 2.19. The molecule has 0 atom stereocenters. The van der Waals surface area contributed by atoms with Gasteiger partial charge in [0.05, 0.1) is 5.56 Å². The average Bonchev–Trinajstić information content (AvgIpc) is 2.41. The monoisotopic (exact) mass is 272 g/mol. The maximum atomic E-state index is 11.7. The van der Waals surface area contributed by atoms with E-state index in [2.05, 4.69) is 0 Å². The van der Waals surface area contributed by atoms with Crippen LogP contribution in [-0.4, -0.2) is 21.7 Å². The standard InChI is InChI=1S/C14H12N2O4/c1-8-6-11(7-16(12(8)17)14(15)20)9-2-4-10(5-3-9)13(18)19/h2-7H,1H3,(H2,15,20)(H,18,19). The Balaban J connectivity index is 2.55. The maximum absolute atomic E-state index is 11.7. The number of carbonyl (C=O) groups excluding carboxylic acids is 1. The highest BCUT2D eigenvalue weighted by molar-refractivity contribution is 5.88. The minimum Gasteiger partial charge on any atom is -0.478 e. The third-order valence-corrected chi connectivity index (χ3v) is 2.90. The number of nitrogens with two attached hydrogens (primary N) is 1. The van der Waals surface area contributed by atoms with Crippen LogP contribution in [0.3, 0.4) is 0 Å². The quantitative estimate of drug-likeness (QED) is 0.863. The summed E-state index contributed by atoms with van der Waals surface area (Å²) in [6.07, 6.45) is 1.34. The molecule has 3 N–H and O–H groups in total. The molecule has 6 heteroatoms. The molecule has 6 nitrogen and oxygen atoms in total. The van der Waals surface area contributed by atoms with Gasteiger partial charge in [0.25, 0.3) is 5.56 Å². The van der Waals surface area contributed by atoms with Crippen molar-refractivity contribution in [2.75, 3.05) is 0 Å². The number of carbonyl (C=O) groups is 2. The van der Waals surface area contributed by atoms with Gasteiger partial charge in [0.2, 0.25) is 0 Å². The van der Waals surface area contributed by atoms with Crippen molar-refractivity contribution in [1.82, 2.24) is 4.57 Å². The molecule has 0 aliphatic heterocycles. The zero-order valence-corrected chi connectivity index (χ0v) is 10.7. The Labute approximate surface area is 114 Å². The van der Waals surface area contributed by atoms with E-state index in [9.17, 15) is 14.4 Å². The number of aromatic carboxylic acids is 1. The van der Waals surface area contributed by atoms with Crippen molar-refractivity contribution < 1.29 is 14.7 Å². The molecule has 2 rings (SSSR count). The number of primary amides is 1. The second kappa shape index (κ2) is 5.00. The summed E-state index contributed by atoms with van der Waals surface area (Å²) in [5, 5.41) is 8.84. The first-order chi connectivity index (χ1) is 9.40. The number of hydrogen-bond donors (Lipinski definition) is 2. The van der Waals surface area contributed by atoms with Crippen LogP contribution in [0.4, 0.5) is 4.79 Å². The Morgan fingerprint density at radius 2 is 1.75 bits per heavy atom. The van der Waals surface area contributed by atoms with Crippen molar-refractivity contribution in [2.24, 2.45) is 5.73 Å². The van der Waals surface area contributed by atoms with E-state index in [1.807, 2.05) is 0 Å². The Kier molecular flexibility index (Phi) is 3.39. The number of carboxylic acid groups (broad SMARTS) is 1. The van der Waals surface area contributed by atoms with Gasteiger partial charge in [-0.05, 0) is 36.2 Å². The van der Waals surface area contributed by atoms with Crippen LogP contribution in [0.2, 0.25) is 0 Å². The number of pyridine rings is 1. The first kappa shape index (κ1) is 13.5. The second-order valence-corrected chi connectivity index (χ2v) is 4.31. The number of benzene rings is 1. The summed E-state index contributed by atoms with van der Waals surface area (Å²) in [4.78, 5) is 33.7. The highest BCUT2D eigenvalue weighted by atomic mass is 16.4. The lowest BCUT2D eigenvalue weighted by Crippen LogP contribution is -2.32. The van der Waals surface area contributed by atoms with Crippen molar-refractivity contribution in [3.63, 3.8) is 0 Å². The second-order valence-electron chi connectivity index (χ2n) is 4.31. The Hall–Kier alpha value is -2.89. The fourth-order valence-electron chi connectivity index (χ4n) is 1.85. The molecule has 2 aromatic rings. The highest BCUT2D eigenvalue weighted by Gasteiger charge is 2.09. The summed E-state index contributed by atoms with van der Waals surface area (Å²) in [6, 6.07) is 6.88. The average molecular weight is 272 g/mol. The normalized spacial score (nSPS) is 10.2. The third kappa shape index (κ3) is 2.44. The van der Waals surface area contributed by atoms with E-state index in [1.165, 1.54) is 18.3 Å². The first-order valence-corrected chi connectivity index (χ1v) is 5.77. The molecule has 0 bridgehead atoms. The van der Waals surface area contributed by atoms with Crippen LogP contribution in [-0.2, 0) is 0 Å². The van der Waals surface area contributed by atoms with Crippen molar-refractivity contribution in [1.29, 1.82) is 0 Å². The molecule has 0 saturated carbocycles. The van der Waals surface area contributed by atoms with Crippen LogP contribution in [0.15, 0.2) is 41.3 Å². The predicted octanol–water partition coefficient (Wildman–Crippen LogP) is 1.45. The molecule has 20 heavy (non-hydrogen) atoms. The van der Waals surface area contributed by atoms with Crippen molar-refractivity contribution in [2.45, 2.75) is 6.92 Å². The maximum Gasteiger partial charge on any atom is 0.335 e. The summed E-state index contributed by atoms with van der Waals surface area (Å²) >= 11 is 0. The summed E-state index contributed by atoms with van der Waals surface area (Å²) in [7, 11) is 0. The van der Waals surface area contributed by atoms with E-state index < -0.39 is 17.6 Å². The van der Waals surface area contributed by atoms with Crippen LogP contribution in [0.1, 0.15) is 15.9 Å². The minimum atomic E-state index is -1.02. The van der Waals surface area contributed by atoms with Crippen LogP contribution in [0, 0.1) is 6.92 Å². The van der Waals surface area contributed by atoms with Crippen LogP contribution in [0.5, 0.6) is 0 Å². The Morgan fingerprint density at radius 1 is 1.15 bits per heavy atom. The molecular weight excluding hydrogens is 260 g/mol. The molecule has 1 aromatic carbocycles. The molecule has 0 aliphatic rings. The van der Waals surface area contributed by atoms with E-state index in [0.717, 1.165) is 4.57 Å². The largest absolute Gasteiger partial charge is 0.478 e. The predicted molar refractivity (Wildman–Crippen MR) is 72.8 cm³/mol. The molecular formula is C14H12N2O4. The lowest BCUT2D eigenvalue weighted by atomic mass is 10.0. The van der Waals surface area contributed by atoms with Gasteiger partial charge in [0.15, 0.2) is 0 Å². The molecule has 0 unspecified atom stereocenters. The van der Waals surface area contributed by atoms with Gasteiger partial charge in [-0.1, -0.05) is 12.1 Å². The third-order valence-electron chi connectivity index (χ3n) is 2.90. The van der Waals surface area contributed by atoms with Gasteiger partial charge < -0.3 is 10.8 Å². The smallest absolute Gasteiger partial charge is 0.335 e. The zero-order chi connectivity index (χ0) is 14.9. The first-order valence-electron chi connectivity index (χ1n) is 5.77. The van der Waals surface area contributed by atoms with E-state index in [4.69, 9.17) is 10.8 Å². The zero-order valence-electron chi connectivity index (χ0n) is 10.7. The summed E-state index contributed by atoms with van der Waals surface area (Å²) in [6.45, 7) is 1.58. The molecule has 0 radical (unpaired) electrons.